The average Bonchev–Trinajstić information content (AvgIpc) is 2.70. The molecule has 1 aromatic carbocycles. The molecule has 0 fully saturated rings. The average molecular weight is 239 g/mol. The molecule has 2 aromatic rings. The second-order valence-corrected chi connectivity index (χ2v) is 4.85. The Hall–Kier alpha value is -1.89. The van der Waals surface area contributed by atoms with Crippen molar-refractivity contribution in [2.45, 2.75) is 11.8 Å². The van der Waals surface area contributed by atoms with Gasteiger partial charge in [0.15, 0.2) is 6.33 Å². The molecule has 84 valence electrons. The molecule has 0 spiro atoms. The van der Waals surface area contributed by atoms with Gasteiger partial charge in [-0.2, -0.15) is 4.98 Å². The van der Waals surface area contributed by atoms with E-state index in [1.165, 1.54) is 12.1 Å². The Labute approximate surface area is 92.3 Å². The summed E-state index contributed by atoms with van der Waals surface area (Å²) in [7, 11) is -3.65. The Morgan fingerprint density at radius 2 is 1.94 bits per heavy atom. The van der Waals surface area contributed by atoms with E-state index in [2.05, 4.69) is 19.4 Å². The number of hydrogen-bond donors (Lipinski definition) is 1. The monoisotopic (exact) mass is 239 g/mol. The Morgan fingerprint density at radius 1 is 1.25 bits per heavy atom. The highest BCUT2D eigenvalue weighted by Crippen LogP contribution is 2.13. The first-order chi connectivity index (χ1) is 7.58. The quantitative estimate of drug-likeness (QED) is 0.869. The maximum Gasteiger partial charge on any atom is 0.335 e. The number of benzene rings is 1. The third-order valence-electron chi connectivity index (χ3n) is 1.91. The predicted octanol–water partition coefficient (Wildman–Crippen LogP) is 1.18. The molecule has 0 bridgehead atoms. The van der Waals surface area contributed by atoms with Gasteiger partial charge in [0.05, 0.1) is 4.90 Å². The van der Waals surface area contributed by atoms with Crippen LogP contribution >= 0.6 is 0 Å². The molecule has 16 heavy (non-hydrogen) atoms. The molecular formula is C9H9N3O3S. The molecule has 0 radical (unpaired) electrons. The van der Waals surface area contributed by atoms with E-state index < -0.39 is 10.0 Å². The van der Waals surface area contributed by atoms with E-state index >= 15 is 0 Å². The number of sulfonamides is 1. The smallest absolute Gasteiger partial charge is 0.315 e. The zero-order valence-corrected chi connectivity index (χ0v) is 9.23. The van der Waals surface area contributed by atoms with Gasteiger partial charge in [0.25, 0.3) is 10.0 Å². The lowest BCUT2D eigenvalue weighted by molar-refractivity contribution is 0.433. The number of aromatic nitrogens is 2. The number of nitrogens with one attached hydrogen (secondary N) is 1. The van der Waals surface area contributed by atoms with E-state index in [0.717, 1.165) is 11.9 Å². The molecule has 1 aromatic heterocycles. The number of aryl methyl sites for hydroxylation is 1. The minimum atomic E-state index is -3.65. The van der Waals surface area contributed by atoms with Gasteiger partial charge >= 0.3 is 6.01 Å². The van der Waals surface area contributed by atoms with Crippen LogP contribution in [-0.2, 0) is 10.0 Å². The fourth-order valence-corrected chi connectivity index (χ4v) is 2.04. The Morgan fingerprint density at radius 3 is 2.50 bits per heavy atom. The van der Waals surface area contributed by atoms with Crippen molar-refractivity contribution in [2.24, 2.45) is 0 Å². The van der Waals surface area contributed by atoms with Gasteiger partial charge in [-0.3, -0.25) is 0 Å². The minimum Gasteiger partial charge on any atom is -0.315 e. The van der Waals surface area contributed by atoms with E-state index in [0.29, 0.717) is 0 Å². The van der Waals surface area contributed by atoms with Crippen molar-refractivity contribution in [2.75, 3.05) is 4.72 Å². The highest BCUT2D eigenvalue weighted by atomic mass is 32.2. The summed E-state index contributed by atoms with van der Waals surface area (Å²) in [6.07, 6.45) is 1.12. The van der Waals surface area contributed by atoms with Gasteiger partial charge in [-0.1, -0.05) is 22.9 Å². The molecule has 0 amide bonds. The highest BCUT2D eigenvalue weighted by molar-refractivity contribution is 7.92. The van der Waals surface area contributed by atoms with Crippen LogP contribution in [0.15, 0.2) is 40.0 Å². The van der Waals surface area contributed by atoms with Crippen LogP contribution in [0.1, 0.15) is 5.56 Å². The molecule has 7 heteroatoms. The van der Waals surface area contributed by atoms with Crippen molar-refractivity contribution >= 4 is 16.0 Å². The largest absolute Gasteiger partial charge is 0.335 e. The first-order valence-electron chi connectivity index (χ1n) is 4.44. The van der Waals surface area contributed by atoms with Crippen molar-refractivity contribution in [3.63, 3.8) is 0 Å². The molecule has 1 N–H and O–H groups in total. The van der Waals surface area contributed by atoms with Crippen LogP contribution in [0.2, 0.25) is 0 Å². The molecule has 1 heterocycles. The number of hydrogen-bond acceptors (Lipinski definition) is 5. The van der Waals surface area contributed by atoms with E-state index in [4.69, 9.17) is 0 Å². The van der Waals surface area contributed by atoms with Crippen molar-refractivity contribution < 1.29 is 12.9 Å². The molecule has 0 atom stereocenters. The van der Waals surface area contributed by atoms with Crippen molar-refractivity contribution in [1.29, 1.82) is 0 Å². The van der Waals surface area contributed by atoms with Crippen LogP contribution < -0.4 is 4.72 Å². The minimum absolute atomic E-state index is 0.149. The summed E-state index contributed by atoms with van der Waals surface area (Å²) in [5.41, 5.74) is 0.983. The lowest BCUT2D eigenvalue weighted by atomic mass is 10.2. The maximum atomic E-state index is 11.8. The Kier molecular flexibility index (Phi) is 2.61. The van der Waals surface area contributed by atoms with E-state index in [1.54, 1.807) is 12.1 Å². The van der Waals surface area contributed by atoms with E-state index in [-0.39, 0.29) is 10.9 Å². The van der Waals surface area contributed by atoms with Crippen LogP contribution in [0, 0.1) is 6.92 Å². The molecule has 0 saturated carbocycles. The number of rotatable bonds is 3. The predicted molar refractivity (Wildman–Crippen MR) is 56.3 cm³/mol. The normalized spacial score (nSPS) is 11.3. The van der Waals surface area contributed by atoms with Crippen LogP contribution in [0.4, 0.5) is 6.01 Å². The first kappa shape index (κ1) is 10.6. The standard InChI is InChI=1S/C9H9N3O3S/c1-7-2-4-8(5-3-7)16(13,14)12-9-10-6-11-15-9/h2-6H,1H3,(H,10,11,12). The summed E-state index contributed by atoms with van der Waals surface area (Å²) in [5, 5.41) is 3.30. The third-order valence-corrected chi connectivity index (χ3v) is 3.25. The van der Waals surface area contributed by atoms with Crippen LogP contribution in [0.5, 0.6) is 0 Å². The highest BCUT2D eigenvalue weighted by Gasteiger charge is 2.16. The molecule has 0 saturated heterocycles. The van der Waals surface area contributed by atoms with Gasteiger partial charge in [-0.15, -0.1) is 0 Å². The molecule has 0 aliphatic heterocycles. The Balaban J connectivity index is 2.29. The number of nitrogens with zero attached hydrogens (tertiary/aromatic N) is 2. The maximum absolute atomic E-state index is 11.8. The fraction of sp³-hybridized carbons (Fsp3) is 0.111. The van der Waals surface area contributed by atoms with Crippen LogP contribution in [0.3, 0.4) is 0 Å². The van der Waals surface area contributed by atoms with Gasteiger partial charge in [0, 0.05) is 0 Å². The van der Waals surface area contributed by atoms with Gasteiger partial charge in [-0.05, 0) is 19.1 Å². The summed E-state index contributed by atoms with van der Waals surface area (Å²) >= 11 is 0. The van der Waals surface area contributed by atoms with Crippen molar-refractivity contribution in [3.05, 3.63) is 36.2 Å². The van der Waals surface area contributed by atoms with Gasteiger partial charge in [0.1, 0.15) is 0 Å². The van der Waals surface area contributed by atoms with Crippen LogP contribution in [0.25, 0.3) is 0 Å². The van der Waals surface area contributed by atoms with Gasteiger partial charge in [0.2, 0.25) is 0 Å². The second-order valence-electron chi connectivity index (χ2n) is 3.16. The lowest BCUT2D eigenvalue weighted by Gasteiger charge is -2.03. The molecule has 0 aliphatic rings. The van der Waals surface area contributed by atoms with Crippen molar-refractivity contribution in [1.82, 2.24) is 10.1 Å². The summed E-state index contributed by atoms with van der Waals surface area (Å²) in [6, 6.07) is 6.29. The molecule has 6 nitrogen and oxygen atoms in total. The summed E-state index contributed by atoms with van der Waals surface area (Å²) in [4.78, 5) is 3.73. The molecule has 2 rings (SSSR count). The summed E-state index contributed by atoms with van der Waals surface area (Å²) in [5.74, 6) is 0. The fourth-order valence-electron chi connectivity index (χ4n) is 1.11. The van der Waals surface area contributed by atoms with Crippen molar-refractivity contribution in [3.8, 4) is 0 Å². The third kappa shape index (κ3) is 2.19. The van der Waals surface area contributed by atoms with E-state index in [9.17, 15) is 8.42 Å². The summed E-state index contributed by atoms with van der Waals surface area (Å²) < 4.78 is 30.3. The van der Waals surface area contributed by atoms with Crippen LogP contribution in [-0.4, -0.2) is 18.6 Å². The van der Waals surface area contributed by atoms with E-state index in [1.807, 2.05) is 6.92 Å². The SMILES string of the molecule is Cc1ccc(S(=O)(=O)Nc2ncno2)cc1. The lowest BCUT2D eigenvalue weighted by Crippen LogP contribution is -2.12. The second kappa shape index (κ2) is 3.93. The molecule has 0 unspecified atom stereocenters. The summed E-state index contributed by atoms with van der Waals surface area (Å²) in [6.45, 7) is 1.88. The Bertz CT molecular complexity index is 561. The number of anilines is 1. The van der Waals surface area contributed by atoms with Gasteiger partial charge in [-0.25, -0.2) is 13.1 Å². The topological polar surface area (TPSA) is 85.1 Å². The zero-order chi connectivity index (χ0) is 11.6. The molecular weight excluding hydrogens is 230 g/mol. The van der Waals surface area contributed by atoms with Gasteiger partial charge < -0.3 is 4.52 Å². The first-order valence-corrected chi connectivity index (χ1v) is 5.92. The zero-order valence-electron chi connectivity index (χ0n) is 8.41. The molecule has 0 aliphatic carbocycles.